The van der Waals surface area contributed by atoms with Crippen molar-refractivity contribution in [3.63, 3.8) is 0 Å². The largest absolute Gasteiger partial charge is 0.490 e. The highest BCUT2D eigenvalue weighted by Crippen LogP contribution is 2.21. The Morgan fingerprint density at radius 3 is 2.90 bits per heavy atom. The smallest absolute Gasteiger partial charge is 0.126 e. The van der Waals surface area contributed by atoms with E-state index in [4.69, 9.17) is 9.47 Å². The van der Waals surface area contributed by atoms with Gasteiger partial charge in [-0.2, -0.15) is 0 Å². The standard InChI is InChI=1S/C16H19NO3S/c1-12(18)9-20-15-6-4-3-5-13(15)7-8-14-11-21-16(17-14)10-19-2/h3-8,11-12,18H,9-10H2,1-2H3/b8-7+. The maximum Gasteiger partial charge on any atom is 0.126 e. The lowest BCUT2D eigenvalue weighted by molar-refractivity contribution is 0.122. The summed E-state index contributed by atoms with van der Waals surface area (Å²) >= 11 is 1.58. The van der Waals surface area contributed by atoms with E-state index in [1.165, 1.54) is 0 Å². The number of thiazole rings is 1. The number of aliphatic hydroxyl groups excluding tert-OH is 1. The van der Waals surface area contributed by atoms with Gasteiger partial charge in [-0.25, -0.2) is 4.98 Å². The minimum Gasteiger partial charge on any atom is -0.490 e. The molecule has 2 aromatic rings. The summed E-state index contributed by atoms with van der Waals surface area (Å²) in [6.07, 6.45) is 3.42. The maximum absolute atomic E-state index is 9.30. The zero-order valence-corrected chi connectivity index (χ0v) is 13.0. The molecule has 0 spiro atoms. The fourth-order valence-corrected chi connectivity index (χ4v) is 2.46. The summed E-state index contributed by atoms with van der Waals surface area (Å²) in [6, 6.07) is 7.72. The second-order valence-corrected chi connectivity index (χ2v) is 5.57. The molecule has 1 aromatic carbocycles. The number of hydrogen-bond donors (Lipinski definition) is 1. The molecule has 5 heteroatoms. The molecule has 1 aromatic heterocycles. The summed E-state index contributed by atoms with van der Waals surface area (Å²) in [5.74, 6) is 0.752. The zero-order valence-electron chi connectivity index (χ0n) is 12.2. The lowest BCUT2D eigenvalue weighted by Crippen LogP contribution is -2.13. The van der Waals surface area contributed by atoms with Gasteiger partial charge in [-0.05, 0) is 25.1 Å². The lowest BCUT2D eigenvalue weighted by Gasteiger charge is -2.10. The molecule has 1 N–H and O–H groups in total. The van der Waals surface area contributed by atoms with Crippen molar-refractivity contribution in [2.24, 2.45) is 0 Å². The molecule has 112 valence electrons. The van der Waals surface area contributed by atoms with Crippen LogP contribution in [0.1, 0.15) is 23.2 Å². The van der Waals surface area contributed by atoms with E-state index >= 15 is 0 Å². The summed E-state index contributed by atoms with van der Waals surface area (Å²) in [5.41, 5.74) is 1.86. The van der Waals surface area contributed by atoms with Crippen molar-refractivity contribution >= 4 is 23.5 Å². The number of aliphatic hydroxyl groups is 1. The Hall–Kier alpha value is -1.69. The predicted octanol–water partition coefficient (Wildman–Crippen LogP) is 3.22. The van der Waals surface area contributed by atoms with Gasteiger partial charge in [0.1, 0.15) is 17.4 Å². The van der Waals surface area contributed by atoms with E-state index in [0.29, 0.717) is 6.61 Å². The van der Waals surface area contributed by atoms with Crippen molar-refractivity contribution in [2.75, 3.05) is 13.7 Å². The maximum atomic E-state index is 9.30. The van der Waals surface area contributed by atoms with Crippen molar-refractivity contribution in [1.29, 1.82) is 0 Å². The highest BCUT2D eigenvalue weighted by Gasteiger charge is 2.03. The average molecular weight is 305 g/mol. The van der Waals surface area contributed by atoms with Gasteiger partial charge in [0.25, 0.3) is 0 Å². The molecule has 4 nitrogen and oxygen atoms in total. The third kappa shape index (κ3) is 4.97. The summed E-state index contributed by atoms with van der Waals surface area (Å²) in [7, 11) is 1.66. The lowest BCUT2D eigenvalue weighted by atomic mass is 10.2. The van der Waals surface area contributed by atoms with Crippen LogP contribution in [0, 0.1) is 0 Å². The van der Waals surface area contributed by atoms with Gasteiger partial charge in [0, 0.05) is 18.1 Å². The van der Waals surface area contributed by atoms with Crippen LogP contribution in [0.3, 0.4) is 0 Å². The number of nitrogens with zero attached hydrogens (tertiary/aromatic N) is 1. The van der Waals surface area contributed by atoms with Crippen LogP contribution in [0.4, 0.5) is 0 Å². The molecule has 1 atom stereocenters. The predicted molar refractivity (Wildman–Crippen MR) is 85.4 cm³/mol. The quantitative estimate of drug-likeness (QED) is 0.853. The molecule has 2 rings (SSSR count). The number of benzene rings is 1. The molecule has 21 heavy (non-hydrogen) atoms. The summed E-state index contributed by atoms with van der Waals surface area (Å²) < 4.78 is 10.6. The Morgan fingerprint density at radius 2 is 2.14 bits per heavy atom. The topological polar surface area (TPSA) is 51.6 Å². The molecule has 0 aliphatic rings. The van der Waals surface area contributed by atoms with E-state index in [0.717, 1.165) is 22.0 Å². The van der Waals surface area contributed by atoms with E-state index in [1.807, 2.05) is 41.8 Å². The Morgan fingerprint density at radius 1 is 1.33 bits per heavy atom. The molecule has 0 bridgehead atoms. The molecular weight excluding hydrogens is 286 g/mol. The van der Waals surface area contributed by atoms with Crippen molar-refractivity contribution in [2.45, 2.75) is 19.6 Å². The van der Waals surface area contributed by atoms with Gasteiger partial charge in [0.15, 0.2) is 0 Å². The summed E-state index contributed by atoms with van der Waals surface area (Å²) in [4.78, 5) is 4.44. The van der Waals surface area contributed by atoms with Gasteiger partial charge >= 0.3 is 0 Å². The number of para-hydroxylation sites is 1. The van der Waals surface area contributed by atoms with Crippen LogP contribution in [0.25, 0.3) is 12.2 Å². The number of rotatable bonds is 7. The van der Waals surface area contributed by atoms with Crippen molar-refractivity contribution < 1.29 is 14.6 Å². The molecule has 0 amide bonds. The molecule has 0 radical (unpaired) electrons. The van der Waals surface area contributed by atoms with Crippen LogP contribution in [0.5, 0.6) is 5.75 Å². The van der Waals surface area contributed by atoms with E-state index in [2.05, 4.69) is 4.98 Å². The van der Waals surface area contributed by atoms with Crippen molar-refractivity contribution in [1.82, 2.24) is 4.98 Å². The molecule has 0 aliphatic carbocycles. The number of ether oxygens (including phenoxy) is 2. The van der Waals surface area contributed by atoms with Gasteiger partial charge in [0.2, 0.25) is 0 Å². The second kappa shape index (κ2) is 7.93. The SMILES string of the molecule is COCc1nc(/C=C/c2ccccc2OCC(C)O)cs1. The van der Waals surface area contributed by atoms with Crippen LogP contribution < -0.4 is 4.74 Å². The van der Waals surface area contributed by atoms with Gasteiger partial charge in [0.05, 0.1) is 18.4 Å². The molecule has 1 heterocycles. The minimum absolute atomic E-state index is 0.277. The Labute approximate surface area is 128 Å². The third-order valence-corrected chi connectivity index (χ3v) is 3.51. The zero-order chi connectivity index (χ0) is 15.1. The molecule has 0 saturated carbocycles. The van der Waals surface area contributed by atoms with Gasteiger partial charge < -0.3 is 14.6 Å². The van der Waals surface area contributed by atoms with E-state index < -0.39 is 6.10 Å². The Bertz CT molecular complexity index is 593. The highest BCUT2D eigenvalue weighted by molar-refractivity contribution is 7.09. The molecular formula is C16H19NO3S. The first-order chi connectivity index (χ1) is 10.2. The Kier molecular flexibility index (Phi) is 5.92. The fraction of sp³-hybridized carbons (Fsp3) is 0.312. The van der Waals surface area contributed by atoms with Crippen LogP contribution in [-0.4, -0.2) is 29.9 Å². The van der Waals surface area contributed by atoms with Crippen molar-refractivity contribution in [3.05, 3.63) is 45.9 Å². The van der Waals surface area contributed by atoms with E-state index in [-0.39, 0.29) is 6.61 Å². The second-order valence-electron chi connectivity index (χ2n) is 4.63. The van der Waals surface area contributed by atoms with Gasteiger partial charge in [-0.15, -0.1) is 11.3 Å². The van der Waals surface area contributed by atoms with E-state index in [1.54, 1.807) is 25.4 Å². The minimum atomic E-state index is -0.489. The average Bonchev–Trinajstić information content (AvgIpc) is 2.92. The summed E-state index contributed by atoms with van der Waals surface area (Å²) in [5, 5.41) is 12.2. The van der Waals surface area contributed by atoms with Gasteiger partial charge in [-0.1, -0.05) is 18.2 Å². The van der Waals surface area contributed by atoms with Gasteiger partial charge in [-0.3, -0.25) is 0 Å². The molecule has 0 aliphatic heterocycles. The van der Waals surface area contributed by atoms with Crippen LogP contribution in [0.2, 0.25) is 0 Å². The monoisotopic (exact) mass is 305 g/mol. The van der Waals surface area contributed by atoms with E-state index in [9.17, 15) is 5.11 Å². The first-order valence-corrected chi connectivity index (χ1v) is 7.58. The van der Waals surface area contributed by atoms with Crippen LogP contribution in [-0.2, 0) is 11.3 Å². The summed E-state index contributed by atoms with van der Waals surface area (Å²) in [6.45, 7) is 2.51. The first kappa shape index (κ1) is 15.7. The molecule has 0 fully saturated rings. The normalized spacial score (nSPS) is 12.7. The number of methoxy groups -OCH3 is 1. The molecule has 1 unspecified atom stereocenters. The fourth-order valence-electron chi connectivity index (χ4n) is 1.73. The molecule has 0 saturated heterocycles. The highest BCUT2D eigenvalue weighted by atomic mass is 32.1. The van der Waals surface area contributed by atoms with Crippen molar-refractivity contribution in [3.8, 4) is 5.75 Å². The third-order valence-electron chi connectivity index (χ3n) is 2.67. The number of aromatic nitrogens is 1. The van der Waals surface area contributed by atoms with Crippen LogP contribution >= 0.6 is 11.3 Å². The van der Waals surface area contributed by atoms with Crippen LogP contribution in [0.15, 0.2) is 29.6 Å². The Balaban J connectivity index is 2.08. The first-order valence-electron chi connectivity index (χ1n) is 6.70. The number of hydrogen-bond acceptors (Lipinski definition) is 5.